The van der Waals surface area contributed by atoms with Crippen molar-refractivity contribution in [2.75, 3.05) is 18.8 Å². The van der Waals surface area contributed by atoms with Gasteiger partial charge >= 0.3 is 0 Å². The van der Waals surface area contributed by atoms with Gasteiger partial charge in [-0.3, -0.25) is 0 Å². The van der Waals surface area contributed by atoms with Crippen molar-refractivity contribution in [3.05, 3.63) is 70.7 Å². The van der Waals surface area contributed by atoms with Gasteiger partial charge in [-0.05, 0) is 23.6 Å². The molecule has 2 aromatic rings. The molecular weight excluding hydrogens is 362 g/mol. The molecule has 0 amide bonds. The Morgan fingerprint density at radius 3 is 2.50 bits per heavy atom. The molecule has 3 rings (SSSR count). The highest BCUT2D eigenvalue weighted by molar-refractivity contribution is 7.99. The SMILES string of the molecule is O=S(=O)(Cc1ccccc1)N1CCSC(c2ccccc2Cl)CC1. The molecule has 1 heterocycles. The summed E-state index contributed by atoms with van der Waals surface area (Å²) in [6.07, 6.45) is 0.780. The molecule has 6 heteroatoms. The summed E-state index contributed by atoms with van der Waals surface area (Å²) in [4.78, 5) is 0. The lowest BCUT2D eigenvalue weighted by molar-refractivity contribution is 0.427. The van der Waals surface area contributed by atoms with E-state index in [0.29, 0.717) is 13.1 Å². The molecule has 1 unspecified atom stereocenters. The van der Waals surface area contributed by atoms with Gasteiger partial charge in [0.1, 0.15) is 0 Å². The maximum absolute atomic E-state index is 12.7. The van der Waals surface area contributed by atoms with E-state index >= 15 is 0 Å². The van der Waals surface area contributed by atoms with E-state index in [1.165, 1.54) is 0 Å². The Labute approximate surface area is 153 Å². The topological polar surface area (TPSA) is 37.4 Å². The zero-order valence-electron chi connectivity index (χ0n) is 13.3. The van der Waals surface area contributed by atoms with Gasteiger partial charge in [-0.1, -0.05) is 60.1 Å². The lowest BCUT2D eigenvalue weighted by atomic mass is 10.1. The Morgan fingerprint density at radius 2 is 1.75 bits per heavy atom. The number of nitrogens with zero attached hydrogens (tertiary/aromatic N) is 1. The average Bonchev–Trinajstić information content (AvgIpc) is 2.82. The van der Waals surface area contributed by atoms with Crippen LogP contribution in [0.25, 0.3) is 0 Å². The van der Waals surface area contributed by atoms with Crippen molar-refractivity contribution < 1.29 is 8.42 Å². The van der Waals surface area contributed by atoms with Gasteiger partial charge in [-0.2, -0.15) is 11.8 Å². The molecule has 0 bridgehead atoms. The van der Waals surface area contributed by atoms with Gasteiger partial charge in [0, 0.05) is 29.1 Å². The molecule has 1 fully saturated rings. The summed E-state index contributed by atoms with van der Waals surface area (Å²) < 4.78 is 27.0. The number of sulfonamides is 1. The molecule has 0 spiro atoms. The summed E-state index contributed by atoms with van der Waals surface area (Å²) >= 11 is 8.09. The van der Waals surface area contributed by atoms with E-state index in [4.69, 9.17) is 11.6 Å². The highest BCUT2D eigenvalue weighted by Crippen LogP contribution is 2.38. The van der Waals surface area contributed by atoms with Crippen molar-refractivity contribution >= 4 is 33.4 Å². The van der Waals surface area contributed by atoms with Gasteiger partial charge in [-0.15, -0.1) is 0 Å². The van der Waals surface area contributed by atoms with Crippen LogP contribution in [0.15, 0.2) is 54.6 Å². The zero-order chi connectivity index (χ0) is 17.0. The minimum absolute atomic E-state index is 0.0647. The molecule has 0 radical (unpaired) electrons. The number of hydrogen-bond acceptors (Lipinski definition) is 3. The molecule has 24 heavy (non-hydrogen) atoms. The molecule has 128 valence electrons. The molecule has 0 N–H and O–H groups in total. The van der Waals surface area contributed by atoms with Crippen LogP contribution in [0, 0.1) is 0 Å². The summed E-state index contributed by atoms with van der Waals surface area (Å²) in [5.74, 6) is 0.846. The molecule has 2 aromatic carbocycles. The van der Waals surface area contributed by atoms with Gasteiger partial charge in [0.2, 0.25) is 10.0 Å². The monoisotopic (exact) mass is 381 g/mol. The van der Waals surface area contributed by atoms with E-state index in [-0.39, 0.29) is 11.0 Å². The Hall–Kier alpha value is -1.01. The van der Waals surface area contributed by atoms with E-state index in [1.807, 2.05) is 54.6 Å². The fraction of sp³-hybridized carbons (Fsp3) is 0.333. The van der Waals surface area contributed by atoms with Crippen LogP contribution in [0.2, 0.25) is 5.02 Å². The first-order valence-corrected chi connectivity index (χ1v) is 11.0. The third kappa shape index (κ3) is 4.33. The number of rotatable bonds is 4. The van der Waals surface area contributed by atoms with Crippen LogP contribution in [0.3, 0.4) is 0 Å². The number of benzene rings is 2. The Morgan fingerprint density at radius 1 is 1.04 bits per heavy atom. The first kappa shape index (κ1) is 17.8. The molecule has 1 atom stereocenters. The van der Waals surface area contributed by atoms with Crippen molar-refractivity contribution in [2.24, 2.45) is 0 Å². The van der Waals surface area contributed by atoms with Crippen molar-refractivity contribution in [3.63, 3.8) is 0 Å². The number of hydrogen-bond donors (Lipinski definition) is 0. The minimum Gasteiger partial charge on any atom is -0.212 e. The van der Waals surface area contributed by atoms with Crippen LogP contribution in [0.4, 0.5) is 0 Å². The summed E-state index contributed by atoms with van der Waals surface area (Å²) in [6, 6.07) is 17.2. The Bertz CT molecular complexity index is 781. The summed E-state index contributed by atoms with van der Waals surface area (Å²) in [7, 11) is -3.29. The minimum atomic E-state index is -3.29. The molecule has 1 aliphatic rings. The molecule has 0 aliphatic carbocycles. The normalized spacial score (nSPS) is 19.8. The van der Waals surface area contributed by atoms with Crippen LogP contribution < -0.4 is 0 Å². The van der Waals surface area contributed by atoms with E-state index in [0.717, 1.165) is 28.3 Å². The van der Waals surface area contributed by atoms with Crippen LogP contribution >= 0.6 is 23.4 Å². The average molecular weight is 382 g/mol. The van der Waals surface area contributed by atoms with Gasteiger partial charge in [-0.25, -0.2) is 12.7 Å². The quantitative estimate of drug-likeness (QED) is 0.790. The molecule has 1 aliphatic heterocycles. The van der Waals surface area contributed by atoms with Crippen molar-refractivity contribution in [1.82, 2.24) is 4.31 Å². The summed E-state index contributed by atoms with van der Waals surface area (Å²) in [5, 5.41) is 1.01. The third-order valence-electron chi connectivity index (χ3n) is 4.14. The summed E-state index contributed by atoms with van der Waals surface area (Å²) in [6.45, 7) is 1.10. The predicted octanol–water partition coefficient (Wildman–Crippen LogP) is 4.35. The molecule has 3 nitrogen and oxygen atoms in total. The lowest BCUT2D eigenvalue weighted by Crippen LogP contribution is -2.34. The standard InChI is InChI=1S/C18H20ClNO2S2/c19-17-9-5-4-8-16(17)18-10-11-20(12-13-23-18)24(21,22)14-15-6-2-1-3-7-15/h1-9,18H,10-14H2. The largest absolute Gasteiger partial charge is 0.218 e. The first-order chi connectivity index (χ1) is 11.6. The predicted molar refractivity (Wildman–Crippen MR) is 102 cm³/mol. The zero-order valence-corrected chi connectivity index (χ0v) is 15.7. The van der Waals surface area contributed by atoms with Crippen LogP contribution in [0.1, 0.15) is 22.8 Å². The third-order valence-corrected chi connectivity index (χ3v) is 7.64. The lowest BCUT2D eigenvalue weighted by Gasteiger charge is -2.20. The highest BCUT2D eigenvalue weighted by atomic mass is 35.5. The molecular formula is C18H20ClNO2S2. The molecule has 0 saturated carbocycles. The van der Waals surface area contributed by atoms with Crippen LogP contribution in [-0.4, -0.2) is 31.6 Å². The number of thioether (sulfide) groups is 1. The Kier molecular flexibility index (Phi) is 5.87. The molecule has 1 saturated heterocycles. The van der Waals surface area contributed by atoms with Gasteiger partial charge in [0.25, 0.3) is 0 Å². The van der Waals surface area contributed by atoms with Crippen LogP contribution in [0.5, 0.6) is 0 Å². The van der Waals surface area contributed by atoms with Crippen molar-refractivity contribution in [2.45, 2.75) is 17.4 Å². The highest BCUT2D eigenvalue weighted by Gasteiger charge is 2.27. The van der Waals surface area contributed by atoms with E-state index in [9.17, 15) is 8.42 Å². The van der Waals surface area contributed by atoms with Gasteiger partial charge in [0.15, 0.2) is 0 Å². The fourth-order valence-electron chi connectivity index (χ4n) is 2.89. The van der Waals surface area contributed by atoms with E-state index in [2.05, 4.69) is 0 Å². The van der Waals surface area contributed by atoms with Crippen molar-refractivity contribution in [3.8, 4) is 0 Å². The van der Waals surface area contributed by atoms with Crippen molar-refractivity contribution in [1.29, 1.82) is 0 Å². The smallest absolute Gasteiger partial charge is 0.212 e. The van der Waals surface area contributed by atoms with Crippen LogP contribution in [-0.2, 0) is 15.8 Å². The maximum atomic E-state index is 12.7. The first-order valence-electron chi connectivity index (χ1n) is 7.94. The summed E-state index contributed by atoms with van der Waals surface area (Å²) in [5.41, 5.74) is 1.93. The van der Waals surface area contributed by atoms with E-state index in [1.54, 1.807) is 16.1 Å². The second-order valence-electron chi connectivity index (χ2n) is 5.81. The van der Waals surface area contributed by atoms with E-state index < -0.39 is 10.0 Å². The second-order valence-corrected chi connectivity index (χ2v) is 9.50. The maximum Gasteiger partial charge on any atom is 0.218 e. The second kappa shape index (κ2) is 7.91. The molecule has 0 aromatic heterocycles. The fourth-order valence-corrected chi connectivity index (χ4v) is 6.15. The number of halogens is 1. The van der Waals surface area contributed by atoms with Gasteiger partial charge in [0.05, 0.1) is 5.75 Å². The van der Waals surface area contributed by atoms with Gasteiger partial charge < -0.3 is 0 Å². The Balaban J connectivity index is 1.70.